The van der Waals surface area contributed by atoms with Crippen LogP contribution in [-0.2, 0) is 6.54 Å². The molecule has 1 aliphatic heterocycles. The molecular weight excluding hydrogens is 533 g/mol. The Bertz CT molecular complexity index is 903. The van der Waals surface area contributed by atoms with Crippen LogP contribution in [0.1, 0.15) is 47.2 Å². The van der Waals surface area contributed by atoms with Crippen molar-refractivity contribution in [2.45, 2.75) is 27.3 Å². The first-order valence-electron chi connectivity index (χ1n) is 11.3. The van der Waals surface area contributed by atoms with Crippen LogP contribution in [0.5, 0.6) is 0 Å². The van der Waals surface area contributed by atoms with Gasteiger partial charge in [-0.2, -0.15) is 0 Å². The predicted molar refractivity (Wildman–Crippen MR) is 140 cm³/mol. The van der Waals surface area contributed by atoms with E-state index in [9.17, 15) is 9.59 Å². The molecule has 2 aromatic rings. The number of carbonyl (C=O) groups is 2. The molecule has 9 heteroatoms. The van der Waals surface area contributed by atoms with Crippen LogP contribution in [0.2, 0.25) is 0 Å². The minimum Gasteiger partial charge on any atom is -0.459 e. The van der Waals surface area contributed by atoms with E-state index >= 15 is 0 Å². The van der Waals surface area contributed by atoms with Crippen LogP contribution < -0.4 is 5.32 Å². The Hall–Kier alpha value is -2.56. The second-order valence-corrected chi connectivity index (χ2v) is 7.60. The molecule has 2 amide bonds. The van der Waals surface area contributed by atoms with Gasteiger partial charge in [-0.1, -0.05) is 12.1 Å². The van der Waals surface area contributed by atoms with Crippen LogP contribution in [0.4, 0.5) is 0 Å². The molecule has 1 aromatic carbocycles. The normalized spacial score (nSPS) is 14.0. The third kappa shape index (κ3) is 6.96. The maximum Gasteiger partial charge on any atom is 0.289 e. The first-order chi connectivity index (χ1) is 15.6. The van der Waals surface area contributed by atoms with Gasteiger partial charge in [0, 0.05) is 51.4 Å². The molecule has 0 atom stereocenters. The highest BCUT2D eigenvalue weighted by molar-refractivity contribution is 14.0. The highest BCUT2D eigenvalue weighted by atomic mass is 127. The summed E-state index contributed by atoms with van der Waals surface area (Å²) in [5, 5.41) is 3.35. The summed E-state index contributed by atoms with van der Waals surface area (Å²) in [7, 11) is 0. The summed E-state index contributed by atoms with van der Waals surface area (Å²) in [5.74, 6) is 1.19. The van der Waals surface area contributed by atoms with Crippen LogP contribution in [0.15, 0.2) is 52.1 Å². The molecule has 0 saturated carbocycles. The SMILES string of the molecule is CCNC(=NCc1ccc(C(=O)N(CC)CC)cc1)N1CCN(C(=O)c2ccco2)CC1.I. The van der Waals surface area contributed by atoms with Gasteiger partial charge in [0.05, 0.1) is 12.8 Å². The number of furan rings is 1. The zero-order chi connectivity index (χ0) is 22.9. The molecule has 1 N–H and O–H groups in total. The lowest BCUT2D eigenvalue weighted by atomic mass is 10.1. The summed E-state index contributed by atoms with van der Waals surface area (Å²) in [5.41, 5.74) is 1.74. The Balaban J connectivity index is 0.00000385. The van der Waals surface area contributed by atoms with E-state index in [0.717, 1.165) is 18.1 Å². The van der Waals surface area contributed by atoms with Gasteiger partial charge in [-0.25, -0.2) is 4.99 Å². The van der Waals surface area contributed by atoms with Crippen molar-refractivity contribution >= 4 is 41.8 Å². The van der Waals surface area contributed by atoms with E-state index in [1.165, 1.54) is 6.26 Å². The van der Waals surface area contributed by atoms with Crippen molar-refractivity contribution in [3.8, 4) is 0 Å². The number of carbonyl (C=O) groups excluding carboxylic acids is 2. The molecule has 0 aliphatic carbocycles. The summed E-state index contributed by atoms with van der Waals surface area (Å²) in [6, 6.07) is 11.1. The minimum atomic E-state index is -0.0732. The van der Waals surface area contributed by atoms with Gasteiger partial charge in [0.25, 0.3) is 11.8 Å². The van der Waals surface area contributed by atoms with Gasteiger partial charge < -0.3 is 24.4 Å². The van der Waals surface area contributed by atoms with Crippen molar-refractivity contribution in [1.82, 2.24) is 20.0 Å². The summed E-state index contributed by atoms with van der Waals surface area (Å²) in [6.07, 6.45) is 1.52. The van der Waals surface area contributed by atoms with Gasteiger partial charge in [0.1, 0.15) is 0 Å². The number of amides is 2. The standard InChI is InChI=1S/C24H33N5O3.HI/c1-4-25-24(29-15-13-28(14-16-29)23(31)21-8-7-17-32-21)26-18-19-9-11-20(12-10-19)22(30)27(5-2)6-3;/h7-12,17H,4-6,13-16,18H2,1-3H3,(H,25,26);1H. The van der Waals surface area contributed by atoms with Crippen molar-refractivity contribution in [1.29, 1.82) is 0 Å². The number of aliphatic imine (C=N–C) groups is 1. The smallest absolute Gasteiger partial charge is 0.289 e. The fourth-order valence-electron chi connectivity index (χ4n) is 3.72. The highest BCUT2D eigenvalue weighted by Crippen LogP contribution is 2.12. The number of hydrogen-bond acceptors (Lipinski definition) is 4. The predicted octanol–water partition coefficient (Wildman–Crippen LogP) is 3.30. The van der Waals surface area contributed by atoms with Crippen molar-refractivity contribution in [3.63, 3.8) is 0 Å². The Morgan fingerprint density at radius 2 is 1.64 bits per heavy atom. The second-order valence-electron chi connectivity index (χ2n) is 7.60. The molecule has 0 bridgehead atoms. The fraction of sp³-hybridized carbons (Fsp3) is 0.458. The van der Waals surface area contributed by atoms with Gasteiger partial charge >= 0.3 is 0 Å². The van der Waals surface area contributed by atoms with E-state index < -0.39 is 0 Å². The molecule has 8 nitrogen and oxygen atoms in total. The summed E-state index contributed by atoms with van der Waals surface area (Å²) < 4.78 is 5.23. The number of nitrogens with zero attached hydrogens (tertiary/aromatic N) is 4. The van der Waals surface area contributed by atoms with Crippen molar-refractivity contribution < 1.29 is 14.0 Å². The van der Waals surface area contributed by atoms with Gasteiger partial charge in [-0.3, -0.25) is 9.59 Å². The van der Waals surface area contributed by atoms with Crippen molar-refractivity contribution in [3.05, 3.63) is 59.5 Å². The average Bonchev–Trinajstić information content (AvgIpc) is 3.37. The molecule has 1 aliphatic rings. The van der Waals surface area contributed by atoms with Gasteiger partial charge in [0.15, 0.2) is 11.7 Å². The summed E-state index contributed by atoms with van der Waals surface area (Å²) in [4.78, 5) is 35.5. The van der Waals surface area contributed by atoms with Crippen LogP contribution >= 0.6 is 24.0 Å². The summed E-state index contributed by atoms with van der Waals surface area (Å²) in [6.45, 7) is 11.3. The number of hydrogen-bond donors (Lipinski definition) is 1. The molecule has 1 fully saturated rings. The van der Waals surface area contributed by atoms with Gasteiger partial charge in [0.2, 0.25) is 0 Å². The number of guanidine groups is 1. The third-order valence-corrected chi connectivity index (χ3v) is 5.60. The summed E-state index contributed by atoms with van der Waals surface area (Å²) >= 11 is 0. The average molecular weight is 567 g/mol. The van der Waals surface area contributed by atoms with Crippen LogP contribution in [0.3, 0.4) is 0 Å². The van der Waals surface area contributed by atoms with E-state index in [4.69, 9.17) is 9.41 Å². The Labute approximate surface area is 213 Å². The zero-order valence-corrected chi connectivity index (χ0v) is 22.0. The molecule has 1 aromatic heterocycles. The van der Waals surface area contributed by atoms with E-state index in [1.807, 2.05) is 54.8 Å². The first-order valence-corrected chi connectivity index (χ1v) is 11.3. The lowest BCUT2D eigenvalue weighted by Gasteiger charge is -2.36. The van der Waals surface area contributed by atoms with Gasteiger partial charge in [-0.15, -0.1) is 24.0 Å². The lowest BCUT2D eigenvalue weighted by Crippen LogP contribution is -2.53. The number of benzene rings is 1. The molecule has 2 heterocycles. The maximum atomic E-state index is 12.5. The first kappa shape index (κ1) is 26.7. The zero-order valence-electron chi connectivity index (χ0n) is 19.6. The Morgan fingerprint density at radius 3 is 2.18 bits per heavy atom. The fourth-order valence-corrected chi connectivity index (χ4v) is 3.72. The quantitative estimate of drug-likeness (QED) is 0.316. The van der Waals surface area contributed by atoms with E-state index in [0.29, 0.717) is 57.1 Å². The third-order valence-electron chi connectivity index (χ3n) is 5.60. The topological polar surface area (TPSA) is 81.4 Å². The number of piperazine rings is 1. The van der Waals surface area contributed by atoms with Crippen molar-refractivity contribution in [2.75, 3.05) is 45.8 Å². The van der Waals surface area contributed by atoms with Crippen LogP contribution in [0.25, 0.3) is 0 Å². The largest absolute Gasteiger partial charge is 0.459 e. The molecular formula is C24H34IN5O3. The Kier molecular flexibility index (Phi) is 10.7. The Morgan fingerprint density at radius 1 is 1.00 bits per heavy atom. The molecule has 180 valence electrons. The molecule has 0 spiro atoms. The highest BCUT2D eigenvalue weighted by Gasteiger charge is 2.25. The number of rotatable bonds is 7. The van der Waals surface area contributed by atoms with Gasteiger partial charge in [-0.05, 0) is 50.6 Å². The molecule has 0 radical (unpaired) electrons. The molecule has 0 unspecified atom stereocenters. The molecule has 3 rings (SSSR count). The molecule has 33 heavy (non-hydrogen) atoms. The van der Waals surface area contributed by atoms with Crippen LogP contribution in [-0.4, -0.2) is 78.3 Å². The van der Waals surface area contributed by atoms with E-state index in [2.05, 4.69) is 10.2 Å². The molecule has 1 saturated heterocycles. The number of halogens is 1. The van der Waals surface area contributed by atoms with E-state index in [-0.39, 0.29) is 35.8 Å². The van der Waals surface area contributed by atoms with Crippen LogP contribution in [0, 0.1) is 0 Å². The second kappa shape index (κ2) is 13.2. The lowest BCUT2D eigenvalue weighted by molar-refractivity contribution is 0.0657. The maximum absolute atomic E-state index is 12.5. The van der Waals surface area contributed by atoms with Crippen molar-refractivity contribution in [2.24, 2.45) is 4.99 Å². The van der Waals surface area contributed by atoms with E-state index in [1.54, 1.807) is 12.1 Å². The minimum absolute atomic E-state index is 0. The monoisotopic (exact) mass is 567 g/mol. The number of nitrogens with one attached hydrogen (secondary N) is 1.